The number of rotatable bonds is 6. The highest BCUT2D eigenvalue weighted by Crippen LogP contribution is 2.35. The monoisotopic (exact) mass is 476 g/mol. The summed E-state index contributed by atoms with van der Waals surface area (Å²) in [6.07, 6.45) is 1.81. The Labute approximate surface area is 202 Å². The largest absolute Gasteiger partial charge is 0.554 e. The lowest BCUT2D eigenvalue weighted by atomic mass is 10.0. The van der Waals surface area contributed by atoms with Crippen LogP contribution in [-0.4, -0.2) is 67.3 Å². The van der Waals surface area contributed by atoms with E-state index in [9.17, 15) is 13.1 Å². The van der Waals surface area contributed by atoms with Crippen LogP contribution in [0.1, 0.15) is 16.9 Å². The van der Waals surface area contributed by atoms with Crippen LogP contribution in [-0.2, 0) is 4.79 Å². The van der Waals surface area contributed by atoms with Crippen molar-refractivity contribution < 1.29 is 17.8 Å². The molecule has 1 aromatic heterocycles. The van der Waals surface area contributed by atoms with E-state index >= 15 is 0 Å². The number of hydrogen-bond acceptors (Lipinski definition) is 5. The second kappa shape index (κ2) is 10.3. The molecule has 0 spiro atoms. The molecule has 0 bridgehead atoms. The number of nitrogens with one attached hydrogen (secondary N) is 2. The predicted octanol–water partition coefficient (Wildman–Crippen LogP) is 3.51. The Bertz CT molecular complexity index is 1250. The first-order valence-electron chi connectivity index (χ1n) is 11.0. The van der Waals surface area contributed by atoms with Gasteiger partial charge in [-0.25, -0.2) is 4.98 Å². The molecule has 174 valence electrons. The average molecular weight is 476 g/mol. The van der Waals surface area contributed by atoms with Crippen molar-refractivity contribution in [1.29, 1.82) is 0 Å². The summed E-state index contributed by atoms with van der Waals surface area (Å²) in [6.45, 7) is 4.27. The molecule has 4 rings (SSSR count). The van der Waals surface area contributed by atoms with Crippen molar-refractivity contribution in [2.24, 2.45) is 0 Å². The number of amides is 2. The number of pyridine rings is 1. The molecule has 1 aliphatic heterocycles. The zero-order valence-electron chi connectivity index (χ0n) is 19.2. The number of nitrogens with zero attached hydrogens (tertiary/aromatic N) is 2. The molecule has 2 heterocycles. The number of anilines is 1. The Balaban J connectivity index is 1.65. The molecular formula is C25H26AlFN4O3. The van der Waals surface area contributed by atoms with E-state index in [2.05, 4.69) is 22.2 Å². The summed E-state index contributed by atoms with van der Waals surface area (Å²) in [5, 5.41) is 7.77. The first-order valence-corrected chi connectivity index (χ1v) is 13.0. The van der Waals surface area contributed by atoms with Crippen molar-refractivity contribution in [1.82, 2.24) is 15.2 Å². The van der Waals surface area contributed by atoms with Crippen molar-refractivity contribution in [3.05, 3.63) is 66.9 Å². The van der Waals surface area contributed by atoms with Gasteiger partial charge < -0.3 is 23.8 Å². The first-order chi connectivity index (χ1) is 16.4. The van der Waals surface area contributed by atoms with E-state index in [1.54, 1.807) is 18.2 Å². The second-order valence-corrected chi connectivity index (χ2v) is 10.5. The van der Waals surface area contributed by atoms with Crippen LogP contribution in [0.25, 0.3) is 22.0 Å². The summed E-state index contributed by atoms with van der Waals surface area (Å²) >= 11 is -2.56. The van der Waals surface area contributed by atoms with Gasteiger partial charge >= 0.3 is 14.6 Å². The van der Waals surface area contributed by atoms with Crippen LogP contribution in [0.4, 0.5) is 9.21 Å². The highest BCUT2D eigenvalue weighted by molar-refractivity contribution is 6.53. The highest BCUT2D eigenvalue weighted by Gasteiger charge is 2.37. The van der Waals surface area contributed by atoms with Gasteiger partial charge in [-0.1, -0.05) is 30.8 Å². The van der Waals surface area contributed by atoms with Crippen molar-refractivity contribution in [3.8, 4) is 17.0 Å². The van der Waals surface area contributed by atoms with Crippen molar-refractivity contribution in [3.63, 3.8) is 0 Å². The topological polar surface area (TPSA) is 83.6 Å². The fourth-order valence-electron chi connectivity index (χ4n) is 4.12. The van der Waals surface area contributed by atoms with E-state index in [0.717, 1.165) is 22.9 Å². The molecule has 3 aromatic rings. The van der Waals surface area contributed by atoms with E-state index in [4.69, 9.17) is 4.74 Å². The Hall–Kier alpha value is -3.25. The quantitative estimate of drug-likeness (QED) is 0.420. The third-order valence-electron chi connectivity index (χ3n) is 5.98. The number of carbonyl (C=O) groups excluding carboxylic acids is 2. The van der Waals surface area contributed by atoms with E-state index in [-0.39, 0.29) is 17.5 Å². The average Bonchev–Trinajstić information content (AvgIpc) is 2.85. The smallest absolute Gasteiger partial charge is 0.495 e. The molecule has 2 amide bonds. The summed E-state index contributed by atoms with van der Waals surface area (Å²) in [7, 11) is 3.43. The lowest BCUT2D eigenvalue weighted by Gasteiger charge is -2.29. The Morgan fingerprint density at radius 1 is 1.26 bits per heavy atom. The summed E-state index contributed by atoms with van der Waals surface area (Å²) in [5.74, 6) is -0.200. The third kappa shape index (κ3) is 5.12. The zero-order chi connectivity index (χ0) is 24.2. The van der Waals surface area contributed by atoms with E-state index in [1.807, 2.05) is 42.3 Å². The molecule has 0 aliphatic carbocycles. The molecule has 0 unspecified atom stereocenters. The van der Waals surface area contributed by atoms with E-state index < -0.39 is 19.5 Å². The Kier molecular flexibility index (Phi) is 7.27. The molecular weight excluding hydrogens is 450 g/mol. The standard InChI is InChI=1S/C25H26N4O3.Al.FH/c1-5-23(30)28-24-19-16-18(11-10-17(19)12-13-22(24)32-4)20-8-6-9-21(27-20)25(31)26-14-7-15-29(2)3;;/h5-6,8-14,16H,1-2,7,15H2,3-4H3,(H,26,31)(H,28,30);;1H/q;+1;/p-1. The zero-order valence-corrected chi connectivity index (χ0v) is 20.3. The van der Waals surface area contributed by atoms with Gasteiger partial charge in [0.2, 0.25) is 5.91 Å². The van der Waals surface area contributed by atoms with Gasteiger partial charge in [0, 0.05) is 15.9 Å². The normalized spacial score (nSPS) is 16.2. The van der Waals surface area contributed by atoms with Crippen LogP contribution in [0.3, 0.4) is 0 Å². The molecule has 1 atom stereocenters. The number of benzene rings is 2. The fraction of sp³-hybridized carbons (Fsp3) is 0.240. The molecule has 1 fully saturated rings. The van der Waals surface area contributed by atoms with Crippen molar-refractivity contribution in [2.45, 2.75) is 11.3 Å². The van der Waals surface area contributed by atoms with Crippen LogP contribution < -0.4 is 15.4 Å². The molecule has 7 nitrogen and oxygen atoms in total. The number of ether oxygens (including phenoxy) is 1. The van der Waals surface area contributed by atoms with Crippen LogP contribution in [0, 0.1) is 0 Å². The molecule has 34 heavy (non-hydrogen) atoms. The highest BCUT2D eigenvalue weighted by atomic mass is 27.2. The Morgan fingerprint density at radius 3 is 2.79 bits per heavy atom. The maximum Gasteiger partial charge on any atom is 0.554 e. The van der Waals surface area contributed by atoms with Crippen LogP contribution in [0.2, 0.25) is 0 Å². The van der Waals surface area contributed by atoms with Gasteiger partial charge in [-0.15, -0.1) is 0 Å². The third-order valence-corrected chi connectivity index (χ3v) is 8.32. The van der Waals surface area contributed by atoms with Gasteiger partial charge in [0.25, 0.3) is 5.91 Å². The lowest BCUT2D eigenvalue weighted by Crippen LogP contribution is -2.54. The molecule has 1 saturated heterocycles. The first kappa shape index (κ1) is 23.9. The van der Waals surface area contributed by atoms with Crippen molar-refractivity contribution >= 4 is 42.9 Å². The lowest BCUT2D eigenvalue weighted by molar-refractivity contribution is -0.111. The van der Waals surface area contributed by atoms with Gasteiger partial charge in [0.15, 0.2) is 0 Å². The number of fused-ring (bicyclic) bond motifs is 1. The molecule has 0 saturated carbocycles. The number of halogens is 1. The molecule has 1 aliphatic rings. The predicted molar refractivity (Wildman–Crippen MR) is 133 cm³/mol. The van der Waals surface area contributed by atoms with Gasteiger partial charge in [0.05, 0.1) is 18.5 Å². The van der Waals surface area contributed by atoms with Crippen molar-refractivity contribution in [2.75, 3.05) is 31.4 Å². The molecule has 2 aromatic carbocycles. The minimum Gasteiger partial charge on any atom is -0.495 e. The maximum atomic E-state index is 14.5. The van der Waals surface area contributed by atoms with Crippen LogP contribution >= 0.6 is 0 Å². The fourth-order valence-corrected chi connectivity index (χ4v) is 5.99. The minimum atomic E-state index is -2.56. The number of carbonyl (C=O) groups is 2. The maximum absolute atomic E-state index is 14.5. The van der Waals surface area contributed by atoms with Gasteiger partial charge in [0.1, 0.15) is 11.4 Å². The van der Waals surface area contributed by atoms with Gasteiger partial charge in [-0.2, -0.15) is 0 Å². The molecule has 2 N–H and O–H groups in total. The van der Waals surface area contributed by atoms with E-state index in [0.29, 0.717) is 29.0 Å². The van der Waals surface area contributed by atoms with Gasteiger partial charge in [-0.05, 0) is 61.1 Å². The Morgan fingerprint density at radius 2 is 2.06 bits per heavy atom. The summed E-state index contributed by atoms with van der Waals surface area (Å²) in [5.41, 5.74) is 2.13. The summed E-state index contributed by atoms with van der Waals surface area (Å²) in [6, 6.07) is 14.6. The van der Waals surface area contributed by atoms with Crippen LogP contribution in [0.15, 0.2) is 61.2 Å². The molecule has 0 radical (unpaired) electrons. The second-order valence-electron chi connectivity index (χ2n) is 8.33. The summed E-state index contributed by atoms with van der Waals surface area (Å²) < 4.78 is 19.9. The number of hydrogen-bond donors (Lipinski definition) is 2. The van der Waals surface area contributed by atoms with E-state index in [1.165, 1.54) is 13.2 Å². The summed E-state index contributed by atoms with van der Waals surface area (Å²) in [4.78, 5) is 30.9. The number of aromatic nitrogens is 1. The number of methoxy groups -OCH3 is 1. The molecule has 9 heteroatoms. The SMILES string of the molecule is C=CC(=O)Nc1c(OC)ccc2ccc(-c3cccc(C(=O)N[C@H]4CCN(C)[CH2][Al]4[F])n3)cc12. The van der Waals surface area contributed by atoms with Crippen LogP contribution in [0.5, 0.6) is 5.75 Å². The minimum absolute atomic E-state index is 0.239. The van der Waals surface area contributed by atoms with Gasteiger partial charge in [-0.3, -0.25) is 9.59 Å².